The topological polar surface area (TPSA) is 175 Å². The molecule has 45 heavy (non-hydrogen) atoms. The summed E-state index contributed by atoms with van der Waals surface area (Å²) >= 11 is 0. The molecule has 0 bridgehead atoms. The lowest BCUT2D eigenvalue weighted by Gasteiger charge is -2.28. The molecule has 0 aliphatic heterocycles. The smallest absolute Gasteiger partial charge is 0.469 e. The van der Waals surface area contributed by atoms with Crippen molar-refractivity contribution < 1.29 is 37.2 Å². The third kappa shape index (κ3) is 9.25. The van der Waals surface area contributed by atoms with Crippen LogP contribution in [0.15, 0.2) is 48.8 Å². The first-order valence-electron chi connectivity index (χ1n) is 14.5. The first kappa shape index (κ1) is 32.4. The van der Waals surface area contributed by atoms with E-state index in [1.165, 1.54) is 18.5 Å². The van der Waals surface area contributed by atoms with Gasteiger partial charge in [-0.25, -0.2) is 23.3 Å². The number of fused-ring (bicyclic) bond motifs is 1. The number of aromatic amines is 1. The number of rotatable bonds is 15. The van der Waals surface area contributed by atoms with Crippen molar-refractivity contribution in [2.45, 2.75) is 44.6 Å². The van der Waals surface area contributed by atoms with E-state index in [0.29, 0.717) is 59.7 Å². The monoisotopic (exact) mass is 645 g/mol. The summed E-state index contributed by atoms with van der Waals surface area (Å²) in [6, 6.07) is 11.0. The summed E-state index contributed by atoms with van der Waals surface area (Å²) in [5, 5.41) is 13.1. The van der Waals surface area contributed by atoms with Gasteiger partial charge in [0.2, 0.25) is 5.91 Å². The predicted molar refractivity (Wildman–Crippen MR) is 162 cm³/mol. The van der Waals surface area contributed by atoms with Crippen molar-refractivity contribution >= 4 is 42.0 Å². The number of amides is 1. The molecular formula is C29H34F2N7O6P. The highest BCUT2D eigenvalue weighted by molar-refractivity contribution is 7.46. The highest BCUT2D eigenvalue weighted by Gasteiger charge is 2.23. The summed E-state index contributed by atoms with van der Waals surface area (Å²) in [7, 11) is -4.49. The van der Waals surface area contributed by atoms with Crippen molar-refractivity contribution in [3.05, 3.63) is 66.1 Å². The van der Waals surface area contributed by atoms with Crippen LogP contribution in [0.2, 0.25) is 0 Å². The molecule has 2 aromatic heterocycles. The fourth-order valence-electron chi connectivity index (χ4n) is 5.31. The predicted octanol–water partition coefficient (Wildman–Crippen LogP) is 4.68. The average molecular weight is 646 g/mol. The molecule has 0 unspecified atom stereocenters. The van der Waals surface area contributed by atoms with Gasteiger partial charge in [0.25, 0.3) is 0 Å². The lowest BCUT2D eigenvalue weighted by Crippen LogP contribution is -2.37. The van der Waals surface area contributed by atoms with Gasteiger partial charge < -0.3 is 25.2 Å². The van der Waals surface area contributed by atoms with E-state index in [0.717, 1.165) is 38.2 Å². The molecule has 2 heterocycles. The van der Waals surface area contributed by atoms with Crippen LogP contribution < -0.4 is 15.4 Å². The second kappa shape index (κ2) is 14.8. The van der Waals surface area contributed by atoms with Crippen LogP contribution in [0.5, 0.6) is 5.75 Å². The zero-order valence-corrected chi connectivity index (χ0v) is 25.2. The summed E-state index contributed by atoms with van der Waals surface area (Å²) in [6.45, 7) is 1.57. The molecule has 5 N–H and O–H groups in total. The van der Waals surface area contributed by atoms with Crippen LogP contribution >= 0.6 is 7.82 Å². The van der Waals surface area contributed by atoms with Gasteiger partial charge in [-0.15, -0.1) is 0 Å². The molecule has 0 spiro atoms. The van der Waals surface area contributed by atoms with Crippen LogP contribution in [0.3, 0.4) is 0 Å². The van der Waals surface area contributed by atoms with E-state index >= 15 is 0 Å². The number of benzene rings is 2. The molecule has 1 fully saturated rings. The molecule has 0 radical (unpaired) electrons. The minimum Gasteiger partial charge on any atom is -0.493 e. The minimum atomic E-state index is -4.49. The van der Waals surface area contributed by atoms with Crippen LogP contribution in [0.4, 0.5) is 26.1 Å². The van der Waals surface area contributed by atoms with Crippen LogP contribution in [0.1, 0.15) is 37.8 Å². The molecule has 2 aromatic carbocycles. The Labute approximate surface area is 257 Å². The van der Waals surface area contributed by atoms with Crippen LogP contribution in [-0.2, 0) is 20.3 Å². The Morgan fingerprint density at radius 1 is 1.09 bits per heavy atom. The van der Waals surface area contributed by atoms with Gasteiger partial charge in [-0.2, -0.15) is 5.10 Å². The number of hydrogen-bond donors (Lipinski definition) is 5. The SMILES string of the molecule is O=C(Cc1cc(Nc2ncnc3cc(OCCCN(CCOP(=O)(O)O)C4CCCC4)ccc23)n[nH]1)Nc1cccc(F)c1F. The molecule has 0 saturated heterocycles. The van der Waals surface area contributed by atoms with Gasteiger partial charge in [-0.1, -0.05) is 18.9 Å². The molecule has 240 valence electrons. The standard InChI is InChI=1S/C29H34F2N7O6P/c30-23-7-3-8-24(28(23)31)34-27(39)16-19-15-26(37-36-19)35-29-22-10-9-21(17-25(22)32-18-33-29)43-13-4-11-38(20-5-1-2-6-20)12-14-44-45(40,41)42/h3,7-10,15,17-18,20H,1-2,4-6,11-14,16H2,(H,34,39)(H2,40,41,42)(H2,32,33,35,36,37). The van der Waals surface area contributed by atoms with Crippen molar-refractivity contribution in [3.8, 4) is 5.75 Å². The van der Waals surface area contributed by atoms with E-state index in [2.05, 4.69) is 40.2 Å². The van der Waals surface area contributed by atoms with Gasteiger partial charge in [0.05, 0.1) is 30.8 Å². The molecular weight excluding hydrogens is 611 g/mol. The number of halogens is 2. The zero-order valence-electron chi connectivity index (χ0n) is 24.3. The Hall–Kier alpha value is -4.01. The average Bonchev–Trinajstić information content (AvgIpc) is 3.69. The molecule has 0 atom stereocenters. The Morgan fingerprint density at radius 3 is 2.71 bits per heavy atom. The van der Waals surface area contributed by atoms with Crippen molar-refractivity contribution in [3.63, 3.8) is 0 Å². The number of H-pyrrole nitrogens is 1. The van der Waals surface area contributed by atoms with Crippen molar-refractivity contribution in [1.82, 2.24) is 25.1 Å². The summed E-state index contributed by atoms with van der Waals surface area (Å²) < 4.78 is 49.0. The third-order valence-corrected chi connectivity index (χ3v) is 7.92. The molecule has 4 aromatic rings. The number of nitrogens with zero attached hydrogens (tertiary/aromatic N) is 4. The highest BCUT2D eigenvalue weighted by Crippen LogP contribution is 2.35. The number of anilines is 3. The van der Waals surface area contributed by atoms with Crippen LogP contribution in [0, 0.1) is 11.6 Å². The summed E-state index contributed by atoms with van der Waals surface area (Å²) in [5.74, 6) is -1.21. The maximum Gasteiger partial charge on any atom is 0.469 e. The van der Waals surface area contributed by atoms with Gasteiger partial charge in [0.1, 0.15) is 17.9 Å². The minimum absolute atomic E-state index is 0.0326. The van der Waals surface area contributed by atoms with Crippen LogP contribution in [-0.4, -0.2) is 73.1 Å². The second-order valence-corrected chi connectivity index (χ2v) is 11.9. The fourth-order valence-corrected chi connectivity index (χ4v) is 5.63. The lowest BCUT2D eigenvalue weighted by molar-refractivity contribution is -0.115. The number of phosphoric ester groups is 1. The van der Waals surface area contributed by atoms with Crippen LogP contribution in [0.25, 0.3) is 10.9 Å². The lowest BCUT2D eigenvalue weighted by atomic mass is 10.2. The van der Waals surface area contributed by atoms with E-state index in [1.807, 2.05) is 12.1 Å². The van der Waals surface area contributed by atoms with E-state index in [9.17, 15) is 18.1 Å². The van der Waals surface area contributed by atoms with Crippen molar-refractivity contribution in [1.29, 1.82) is 0 Å². The van der Waals surface area contributed by atoms with Crippen molar-refractivity contribution in [2.24, 2.45) is 0 Å². The molecule has 1 amide bonds. The number of ether oxygens (including phenoxy) is 1. The van der Waals surface area contributed by atoms with Gasteiger partial charge >= 0.3 is 7.82 Å². The molecule has 1 aliphatic rings. The first-order valence-corrected chi connectivity index (χ1v) is 16.0. The Kier molecular flexibility index (Phi) is 10.7. The van der Waals surface area contributed by atoms with E-state index in [-0.39, 0.29) is 18.7 Å². The Balaban J connectivity index is 1.13. The third-order valence-electron chi connectivity index (χ3n) is 7.40. The maximum atomic E-state index is 13.9. The van der Waals surface area contributed by atoms with Gasteiger partial charge in [-0.05, 0) is 43.5 Å². The van der Waals surface area contributed by atoms with E-state index < -0.39 is 25.4 Å². The molecule has 1 saturated carbocycles. The van der Waals surface area contributed by atoms with Gasteiger partial charge in [0, 0.05) is 42.3 Å². The Morgan fingerprint density at radius 2 is 1.91 bits per heavy atom. The van der Waals surface area contributed by atoms with Crippen molar-refractivity contribution in [2.75, 3.05) is 36.9 Å². The number of nitrogens with one attached hydrogen (secondary N) is 3. The first-order chi connectivity index (χ1) is 21.6. The molecule has 16 heteroatoms. The molecule has 5 rings (SSSR count). The van der Waals surface area contributed by atoms with Gasteiger partial charge in [0.15, 0.2) is 17.5 Å². The zero-order chi connectivity index (χ0) is 31.8. The second-order valence-electron chi connectivity index (χ2n) is 10.6. The van der Waals surface area contributed by atoms with Gasteiger partial charge in [-0.3, -0.25) is 19.3 Å². The fraction of sp³-hybridized carbons (Fsp3) is 0.379. The largest absolute Gasteiger partial charge is 0.493 e. The number of carbonyl (C=O) groups excluding carboxylic acids is 1. The normalized spacial score (nSPS) is 13.9. The summed E-state index contributed by atoms with van der Waals surface area (Å²) in [4.78, 5) is 41.2. The summed E-state index contributed by atoms with van der Waals surface area (Å²) in [6.07, 6.45) is 6.39. The number of phosphoric acid groups is 1. The number of carbonyl (C=O) groups is 1. The van der Waals surface area contributed by atoms with E-state index in [4.69, 9.17) is 14.5 Å². The molecule has 13 nitrogen and oxygen atoms in total. The number of hydrogen-bond acceptors (Lipinski definition) is 9. The number of aromatic nitrogens is 4. The Bertz CT molecular complexity index is 1660. The summed E-state index contributed by atoms with van der Waals surface area (Å²) in [5.41, 5.74) is 0.840. The molecule has 1 aliphatic carbocycles. The highest BCUT2D eigenvalue weighted by atomic mass is 31.2. The quantitative estimate of drug-likeness (QED) is 0.0897. The van der Waals surface area contributed by atoms with E-state index in [1.54, 1.807) is 12.1 Å². The maximum absolute atomic E-state index is 13.9.